The van der Waals surface area contributed by atoms with Crippen LogP contribution in [0.25, 0.3) is 16.7 Å². The molecule has 0 aromatic heterocycles. The van der Waals surface area contributed by atoms with Crippen LogP contribution in [0.2, 0.25) is 0 Å². The van der Waals surface area contributed by atoms with Gasteiger partial charge in [-0.3, -0.25) is 4.18 Å². The van der Waals surface area contributed by atoms with E-state index in [9.17, 15) is 4.39 Å². The number of hydrogen-bond donors (Lipinski definition) is 1. The highest BCUT2D eigenvalue weighted by Gasteiger charge is 2.32. The first-order valence-electron chi connectivity index (χ1n) is 12.3. The Kier molecular flexibility index (Phi) is 6.64. The van der Waals surface area contributed by atoms with Crippen molar-refractivity contribution >= 4 is 23.3 Å². The number of anilines is 1. The quantitative estimate of drug-likeness (QED) is 0.258. The van der Waals surface area contributed by atoms with Gasteiger partial charge in [-0.15, -0.1) is 0 Å². The molecule has 0 saturated heterocycles. The minimum absolute atomic E-state index is 0.159. The summed E-state index contributed by atoms with van der Waals surface area (Å²) in [5.41, 5.74) is 7.07. The molecule has 1 N–H and O–H groups in total. The van der Waals surface area contributed by atoms with E-state index in [1.54, 1.807) is 13.2 Å². The molecule has 3 aromatic carbocycles. The third-order valence-corrected chi connectivity index (χ3v) is 7.71. The predicted octanol–water partition coefficient (Wildman–Crippen LogP) is 7.27. The second-order valence-corrected chi connectivity index (χ2v) is 11.3. The molecule has 1 aliphatic heterocycles. The van der Waals surface area contributed by atoms with Gasteiger partial charge in [0, 0.05) is 47.4 Å². The number of rotatable bonds is 8. The molecular formula is C30H33FNO3S+. The van der Waals surface area contributed by atoms with Crippen molar-refractivity contribution in [3.05, 3.63) is 77.1 Å². The summed E-state index contributed by atoms with van der Waals surface area (Å²) in [5, 5.41) is 4.28. The molecule has 0 bridgehead atoms. The predicted molar refractivity (Wildman–Crippen MR) is 148 cm³/mol. The minimum atomic E-state index is -0.312. The second-order valence-electron chi connectivity index (χ2n) is 10.2. The van der Waals surface area contributed by atoms with Crippen molar-refractivity contribution in [2.45, 2.75) is 57.9 Å². The Bertz CT molecular complexity index is 1330. The molecule has 4 nitrogen and oxygen atoms in total. The number of allylic oxidation sites excluding steroid dienone is 1. The van der Waals surface area contributed by atoms with Crippen molar-refractivity contribution in [1.29, 1.82) is 0 Å². The first-order chi connectivity index (χ1) is 17.2. The molecule has 0 spiro atoms. The van der Waals surface area contributed by atoms with E-state index in [1.807, 2.05) is 19.1 Å². The summed E-state index contributed by atoms with van der Waals surface area (Å²) in [6, 6.07) is 14.9. The summed E-state index contributed by atoms with van der Waals surface area (Å²) >= 11 is 1.01. The van der Waals surface area contributed by atoms with Crippen LogP contribution in [0.1, 0.15) is 50.3 Å². The zero-order chi connectivity index (χ0) is 25.4. The van der Waals surface area contributed by atoms with Crippen LogP contribution in [-0.2, 0) is 18.6 Å². The van der Waals surface area contributed by atoms with Gasteiger partial charge in [0.15, 0.2) is 23.0 Å². The molecule has 36 heavy (non-hydrogen) atoms. The zero-order valence-electron chi connectivity index (χ0n) is 21.4. The molecule has 188 valence electrons. The number of nitrogens with one attached hydrogen (secondary N) is 1. The Hall–Kier alpha value is -3.12. The molecule has 1 aliphatic carbocycles. The van der Waals surface area contributed by atoms with Crippen molar-refractivity contribution < 1.29 is 18.0 Å². The monoisotopic (exact) mass is 506 g/mol. The first-order valence-corrected chi connectivity index (χ1v) is 13.2. The fourth-order valence-electron chi connectivity index (χ4n) is 4.75. The number of ether oxygens (including phenoxy) is 2. The number of halogens is 1. The number of fused-ring (bicyclic) bond motifs is 1. The number of aryl methyl sites for hydroxylation is 1. The lowest BCUT2D eigenvalue weighted by atomic mass is 9.85. The highest BCUT2D eigenvalue weighted by molar-refractivity contribution is 7.74. The first kappa shape index (κ1) is 24.6. The van der Waals surface area contributed by atoms with Crippen LogP contribution in [0.3, 0.4) is 0 Å². The van der Waals surface area contributed by atoms with Crippen LogP contribution in [0, 0.1) is 12.7 Å². The average molecular weight is 507 g/mol. The topological polar surface area (TPSA) is 39.7 Å². The number of methoxy groups -OCH3 is 1. The molecule has 2 aliphatic rings. The van der Waals surface area contributed by atoms with E-state index in [2.05, 4.69) is 50.4 Å². The maximum Gasteiger partial charge on any atom is 0.191 e. The Morgan fingerprint density at radius 3 is 2.53 bits per heavy atom. The third kappa shape index (κ3) is 5.19. The van der Waals surface area contributed by atoms with Crippen molar-refractivity contribution in [3.8, 4) is 28.4 Å². The molecule has 0 atom stereocenters. The third-order valence-electron chi connectivity index (χ3n) is 6.58. The molecule has 6 heteroatoms. The van der Waals surface area contributed by atoms with Crippen molar-refractivity contribution in [3.63, 3.8) is 0 Å². The Labute approximate surface area is 217 Å². The van der Waals surface area contributed by atoms with Crippen LogP contribution in [0.15, 0.2) is 54.6 Å². The molecule has 3 aromatic rings. The summed E-state index contributed by atoms with van der Waals surface area (Å²) in [6.45, 7) is 8.66. The summed E-state index contributed by atoms with van der Waals surface area (Å²) in [6.07, 6.45) is 4.71. The smallest absolute Gasteiger partial charge is 0.191 e. The molecule has 0 amide bonds. The van der Waals surface area contributed by atoms with Gasteiger partial charge in [-0.05, 0) is 68.7 Å². The average Bonchev–Trinajstić information content (AvgIpc) is 3.67. The molecule has 1 fully saturated rings. The van der Waals surface area contributed by atoms with Gasteiger partial charge in [-0.1, -0.05) is 18.2 Å². The van der Waals surface area contributed by atoms with Crippen LogP contribution < -0.4 is 19.0 Å². The number of thiol groups is 1. The van der Waals surface area contributed by atoms with E-state index in [0.29, 0.717) is 11.0 Å². The minimum Gasteiger partial charge on any atom is -0.496 e. The highest BCUT2D eigenvalue weighted by atomic mass is 32.2. The molecule has 1 heterocycles. The largest absolute Gasteiger partial charge is 0.496 e. The molecular weight excluding hydrogens is 473 g/mol. The van der Waals surface area contributed by atoms with Gasteiger partial charge < -0.3 is 14.8 Å². The zero-order valence-corrected chi connectivity index (χ0v) is 22.3. The molecule has 1 saturated carbocycles. The van der Waals surface area contributed by atoms with Gasteiger partial charge in [-0.2, -0.15) is 0 Å². The van der Waals surface area contributed by atoms with Gasteiger partial charge in [0.1, 0.15) is 23.9 Å². The fraction of sp³-hybridized carbons (Fsp3) is 0.333. The van der Waals surface area contributed by atoms with E-state index < -0.39 is 0 Å². The lowest BCUT2D eigenvalue weighted by molar-refractivity contribution is 0.302. The Morgan fingerprint density at radius 2 is 1.78 bits per heavy atom. The lowest BCUT2D eigenvalue weighted by Crippen LogP contribution is -2.32. The summed E-state index contributed by atoms with van der Waals surface area (Å²) in [4.78, 5) is 0. The maximum atomic E-state index is 14.0. The van der Waals surface area contributed by atoms with Crippen molar-refractivity contribution in [2.75, 3.05) is 12.4 Å². The van der Waals surface area contributed by atoms with Crippen LogP contribution in [-0.4, -0.2) is 17.9 Å². The Balaban J connectivity index is 1.58. The van der Waals surface area contributed by atoms with Gasteiger partial charge >= 0.3 is 0 Å². The summed E-state index contributed by atoms with van der Waals surface area (Å²) in [7, 11) is 1.68. The van der Waals surface area contributed by atoms with Crippen LogP contribution in [0.5, 0.6) is 17.2 Å². The van der Waals surface area contributed by atoms with E-state index in [1.165, 1.54) is 30.5 Å². The number of benzene rings is 3. The molecule has 5 rings (SSSR count). The van der Waals surface area contributed by atoms with Crippen molar-refractivity contribution in [2.24, 2.45) is 0 Å². The van der Waals surface area contributed by atoms with Crippen molar-refractivity contribution in [1.82, 2.24) is 0 Å². The lowest BCUT2D eigenvalue weighted by Gasteiger charge is -2.33. The van der Waals surface area contributed by atoms with Gasteiger partial charge in [0.05, 0.1) is 12.6 Å². The SMILES string of the molecule is COc1cc(O[SH+]C2CC2)ccc1-c1ccc2c(c1COc1cc(F)ccc1C)C(C)=CC(C)(C)N2. The molecule has 0 unspecified atom stereocenters. The Morgan fingerprint density at radius 1 is 1.00 bits per heavy atom. The maximum absolute atomic E-state index is 14.0. The molecule has 0 radical (unpaired) electrons. The highest BCUT2D eigenvalue weighted by Crippen LogP contribution is 2.43. The standard InChI is InChI=1S/C30H32FNO3S/c1-18-6-7-20(31)14-27(18)34-17-25-23(12-13-26-29(25)19(2)16-30(3,4)32-26)24-11-8-21(15-28(24)33-5)35-36-22-9-10-22/h6-8,11-16,22,32H,9-10,17H2,1-5H3/p+1. The van der Waals surface area contributed by atoms with E-state index in [-0.39, 0.29) is 18.0 Å². The van der Waals surface area contributed by atoms with E-state index >= 15 is 0 Å². The number of hydrogen-bond acceptors (Lipinski definition) is 4. The summed E-state index contributed by atoms with van der Waals surface area (Å²) in [5.74, 6) is 1.77. The van der Waals surface area contributed by atoms with Crippen LogP contribution in [0.4, 0.5) is 10.1 Å². The second kappa shape index (κ2) is 9.74. The summed E-state index contributed by atoms with van der Waals surface area (Å²) < 4.78 is 32.0. The van der Waals surface area contributed by atoms with E-state index in [0.717, 1.165) is 57.0 Å². The normalized spacial score (nSPS) is 16.0. The fourth-order valence-corrected chi connectivity index (χ4v) is 5.49. The van der Waals surface area contributed by atoms with Gasteiger partial charge in [0.2, 0.25) is 0 Å². The van der Waals surface area contributed by atoms with Gasteiger partial charge in [-0.25, -0.2) is 4.39 Å². The van der Waals surface area contributed by atoms with Gasteiger partial charge in [0.25, 0.3) is 0 Å². The van der Waals surface area contributed by atoms with E-state index in [4.69, 9.17) is 13.7 Å². The van der Waals surface area contributed by atoms with Crippen LogP contribution >= 0.6 is 0 Å².